The van der Waals surface area contributed by atoms with Gasteiger partial charge < -0.3 is 14.2 Å². The van der Waals surface area contributed by atoms with Crippen molar-refractivity contribution in [3.63, 3.8) is 0 Å². The van der Waals surface area contributed by atoms with Crippen LogP contribution in [0.15, 0.2) is 0 Å². The molecule has 5 nitrogen and oxygen atoms in total. The Morgan fingerprint density at radius 1 is 1.27 bits per heavy atom. The number of rotatable bonds is 6. The van der Waals surface area contributed by atoms with E-state index in [1.807, 2.05) is 0 Å². The fourth-order valence-electron chi connectivity index (χ4n) is 0.622. The van der Waals surface area contributed by atoms with Gasteiger partial charge in [0.15, 0.2) is 0 Å². The van der Waals surface area contributed by atoms with Gasteiger partial charge in [0.25, 0.3) is 0 Å². The number of halogens is 2. The highest BCUT2D eigenvalue weighted by Crippen LogP contribution is 2.17. The molecule has 0 atom stereocenters. The van der Waals surface area contributed by atoms with Crippen molar-refractivity contribution in [2.24, 2.45) is 0 Å². The Bertz CT molecular complexity index is 229. The van der Waals surface area contributed by atoms with Gasteiger partial charge in [-0.3, -0.25) is 4.79 Å². The lowest BCUT2D eigenvalue weighted by atomic mass is 10.6. The number of alkyl halides is 2. The van der Waals surface area contributed by atoms with Crippen LogP contribution < -0.4 is 0 Å². The molecule has 0 aromatic heterocycles. The van der Waals surface area contributed by atoms with Crippen molar-refractivity contribution in [3.05, 3.63) is 0 Å². The molecule has 0 bridgehead atoms. The largest absolute Gasteiger partial charge is 0.456 e. The van der Waals surface area contributed by atoms with E-state index in [0.717, 1.165) is 6.92 Å². The molecule has 0 rings (SSSR count). The summed E-state index contributed by atoms with van der Waals surface area (Å²) >= 11 is 0. The summed E-state index contributed by atoms with van der Waals surface area (Å²) in [5.41, 5.74) is 0. The fourth-order valence-corrected chi connectivity index (χ4v) is 0.622. The molecule has 0 saturated carbocycles. The Hall–Kier alpha value is -1.08. The minimum Gasteiger partial charge on any atom is -0.387 e. The molecular formula is C8H12F2O5. The van der Waals surface area contributed by atoms with Crippen molar-refractivity contribution in [3.8, 4) is 0 Å². The highest BCUT2D eigenvalue weighted by atomic mass is 19.3. The van der Waals surface area contributed by atoms with Gasteiger partial charge in [0.1, 0.15) is 0 Å². The van der Waals surface area contributed by atoms with Crippen LogP contribution >= 0.6 is 0 Å². The van der Waals surface area contributed by atoms with E-state index in [0.29, 0.717) is 6.61 Å². The van der Waals surface area contributed by atoms with Gasteiger partial charge in [-0.25, -0.2) is 4.79 Å². The molecule has 0 aliphatic rings. The summed E-state index contributed by atoms with van der Waals surface area (Å²) in [5.74, 6) is -3.14. The van der Waals surface area contributed by atoms with Gasteiger partial charge in [-0.15, -0.1) is 0 Å². The Balaban J connectivity index is 3.94. The summed E-state index contributed by atoms with van der Waals surface area (Å²) < 4.78 is 37.7. The zero-order valence-electron chi connectivity index (χ0n) is 8.42. The third kappa shape index (κ3) is 6.08. The molecule has 0 spiro atoms. The van der Waals surface area contributed by atoms with Crippen molar-refractivity contribution in [2.45, 2.75) is 20.0 Å². The van der Waals surface area contributed by atoms with Crippen molar-refractivity contribution in [2.75, 3.05) is 19.8 Å². The van der Waals surface area contributed by atoms with Crippen LogP contribution in [0.1, 0.15) is 13.8 Å². The quantitative estimate of drug-likeness (QED) is 0.379. The van der Waals surface area contributed by atoms with Crippen molar-refractivity contribution >= 4 is 11.9 Å². The van der Waals surface area contributed by atoms with Crippen LogP contribution in [0.4, 0.5) is 8.78 Å². The van der Waals surface area contributed by atoms with Gasteiger partial charge in [-0.2, -0.15) is 8.78 Å². The molecular weight excluding hydrogens is 214 g/mol. The molecule has 0 aliphatic heterocycles. The van der Waals surface area contributed by atoms with Gasteiger partial charge >= 0.3 is 18.0 Å². The summed E-state index contributed by atoms with van der Waals surface area (Å²) in [4.78, 5) is 20.8. The molecule has 88 valence electrons. The monoisotopic (exact) mass is 226 g/mol. The first-order valence-corrected chi connectivity index (χ1v) is 4.22. The zero-order chi connectivity index (χ0) is 11.9. The SMILES string of the molecule is CCOCCOC(F)(F)C(=O)OC(C)=O. The van der Waals surface area contributed by atoms with Gasteiger partial charge in [0, 0.05) is 13.5 Å². The molecule has 0 aliphatic carbocycles. The van der Waals surface area contributed by atoms with Gasteiger partial charge in [-0.1, -0.05) is 0 Å². The van der Waals surface area contributed by atoms with Crippen LogP contribution in [0, 0.1) is 0 Å². The van der Waals surface area contributed by atoms with E-state index in [4.69, 9.17) is 4.74 Å². The smallest absolute Gasteiger partial charge is 0.387 e. The first-order chi connectivity index (χ1) is 6.90. The lowest BCUT2D eigenvalue weighted by Crippen LogP contribution is -2.35. The minimum absolute atomic E-state index is 0.0700. The normalized spacial score (nSPS) is 11.2. The summed E-state index contributed by atoms with van der Waals surface area (Å²) in [5, 5.41) is 0. The van der Waals surface area contributed by atoms with Gasteiger partial charge in [0.05, 0.1) is 13.2 Å². The van der Waals surface area contributed by atoms with Crippen molar-refractivity contribution in [1.29, 1.82) is 0 Å². The highest BCUT2D eigenvalue weighted by molar-refractivity contribution is 5.87. The Morgan fingerprint density at radius 2 is 1.87 bits per heavy atom. The van der Waals surface area contributed by atoms with E-state index in [9.17, 15) is 18.4 Å². The van der Waals surface area contributed by atoms with E-state index in [1.54, 1.807) is 6.92 Å². The highest BCUT2D eigenvalue weighted by Gasteiger charge is 2.43. The first-order valence-electron chi connectivity index (χ1n) is 4.22. The standard InChI is InChI=1S/C8H12F2O5/c1-3-13-4-5-14-8(9,10)7(12)15-6(2)11/h3-5H2,1-2H3. The van der Waals surface area contributed by atoms with Crippen LogP contribution in [-0.2, 0) is 23.8 Å². The number of esters is 2. The molecule has 0 radical (unpaired) electrons. The molecule has 0 heterocycles. The molecule has 0 N–H and O–H groups in total. The summed E-state index contributed by atoms with van der Waals surface area (Å²) in [6.45, 7) is 2.34. The molecule has 0 fully saturated rings. The first kappa shape index (κ1) is 13.9. The molecule has 0 amide bonds. The number of carbonyl (C=O) groups excluding carboxylic acids is 2. The summed E-state index contributed by atoms with van der Waals surface area (Å²) in [6.07, 6.45) is -4.12. The lowest BCUT2D eigenvalue weighted by Gasteiger charge is -2.13. The zero-order valence-corrected chi connectivity index (χ0v) is 8.42. The molecule has 0 unspecified atom stereocenters. The van der Waals surface area contributed by atoms with Crippen LogP contribution in [-0.4, -0.2) is 37.9 Å². The summed E-state index contributed by atoms with van der Waals surface area (Å²) in [7, 11) is 0. The van der Waals surface area contributed by atoms with E-state index < -0.39 is 24.7 Å². The minimum atomic E-state index is -4.12. The molecule has 0 aromatic carbocycles. The van der Waals surface area contributed by atoms with E-state index in [-0.39, 0.29) is 6.61 Å². The second-order valence-corrected chi connectivity index (χ2v) is 2.44. The predicted octanol–water partition coefficient (Wildman–Crippen LogP) is 0.722. The number of hydrogen-bond acceptors (Lipinski definition) is 5. The second-order valence-electron chi connectivity index (χ2n) is 2.44. The fraction of sp³-hybridized carbons (Fsp3) is 0.750. The molecule has 0 aromatic rings. The topological polar surface area (TPSA) is 61.8 Å². The Morgan fingerprint density at radius 3 is 2.33 bits per heavy atom. The Kier molecular flexibility index (Phi) is 5.95. The third-order valence-electron chi connectivity index (χ3n) is 1.19. The van der Waals surface area contributed by atoms with Crippen LogP contribution in [0.5, 0.6) is 0 Å². The maximum absolute atomic E-state index is 12.7. The predicted molar refractivity (Wildman–Crippen MR) is 44.2 cm³/mol. The average Bonchev–Trinajstić information content (AvgIpc) is 2.11. The Labute approximate surface area is 85.3 Å². The summed E-state index contributed by atoms with van der Waals surface area (Å²) in [6, 6.07) is 0. The number of hydrogen-bond donors (Lipinski definition) is 0. The molecule has 0 saturated heterocycles. The maximum atomic E-state index is 12.7. The van der Waals surface area contributed by atoms with Crippen molar-refractivity contribution < 1.29 is 32.6 Å². The third-order valence-corrected chi connectivity index (χ3v) is 1.19. The average molecular weight is 226 g/mol. The van der Waals surface area contributed by atoms with Crippen LogP contribution in [0.25, 0.3) is 0 Å². The molecule has 15 heavy (non-hydrogen) atoms. The van der Waals surface area contributed by atoms with Gasteiger partial charge in [-0.05, 0) is 6.92 Å². The maximum Gasteiger partial charge on any atom is 0.456 e. The van der Waals surface area contributed by atoms with E-state index in [1.165, 1.54) is 0 Å². The van der Waals surface area contributed by atoms with E-state index >= 15 is 0 Å². The van der Waals surface area contributed by atoms with Gasteiger partial charge in [0.2, 0.25) is 0 Å². The molecule has 7 heteroatoms. The number of ether oxygens (including phenoxy) is 3. The number of carbonyl (C=O) groups is 2. The lowest BCUT2D eigenvalue weighted by molar-refractivity contribution is -0.251. The second kappa shape index (κ2) is 6.41. The van der Waals surface area contributed by atoms with Crippen LogP contribution in [0.2, 0.25) is 0 Å². The van der Waals surface area contributed by atoms with Crippen molar-refractivity contribution in [1.82, 2.24) is 0 Å². The van der Waals surface area contributed by atoms with Crippen LogP contribution in [0.3, 0.4) is 0 Å². The van der Waals surface area contributed by atoms with E-state index in [2.05, 4.69) is 9.47 Å².